The molecule has 2 heterocycles. The van der Waals surface area contributed by atoms with Gasteiger partial charge in [0.25, 0.3) is 0 Å². The highest BCUT2D eigenvalue weighted by Crippen LogP contribution is 2.25. The molecule has 21 heavy (non-hydrogen) atoms. The van der Waals surface area contributed by atoms with Gasteiger partial charge in [0.1, 0.15) is 0 Å². The molecule has 2 aromatic rings. The number of hydrogen-bond acceptors (Lipinski definition) is 4. The molecule has 3 rings (SSSR count). The van der Waals surface area contributed by atoms with E-state index in [1.165, 1.54) is 0 Å². The van der Waals surface area contributed by atoms with Gasteiger partial charge in [0.15, 0.2) is 0 Å². The number of nitrogens with zero attached hydrogens (tertiary/aromatic N) is 1. The zero-order chi connectivity index (χ0) is 14.9. The molecule has 0 fully saturated rings. The molecule has 1 aromatic carbocycles. The fourth-order valence-corrected chi connectivity index (χ4v) is 3.41. The summed E-state index contributed by atoms with van der Waals surface area (Å²) >= 11 is 0. The third kappa shape index (κ3) is 3.06. The van der Waals surface area contributed by atoms with Crippen molar-refractivity contribution in [2.45, 2.75) is 24.8 Å². The van der Waals surface area contributed by atoms with Crippen molar-refractivity contribution in [3.8, 4) is 0 Å². The van der Waals surface area contributed by atoms with E-state index in [0.717, 1.165) is 29.9 Å². The van der Waals surface area contributed by atoms with Crippen LogP contribution in [0.15, 0.2) is 41.3 Å². The summed E-state index contributed by atoms with van der Waals surface area (Å²) in [6.07, 6.45) is 0.941. The van der Waals surface area contributed by atoms with E-state index >= 15 is 0 Å². The Morgan fingerprint density at radius 2 is 2.14 bits per heavy atom. The van der Waals surface area contributed by atoms with Crippen LogP contribution in [0.4, 0.5) is 5.69 Å². The molecule has 1 aliphatic rings. The third-order valence-electron chi connectivity index (χ3n) is 3.49. The second-order valence-corrected chi connectivity index (χ2v) is 6.86. The smallest absolute Gasteiger partial charge is 0.240 e. The molecule has 0 saturated carbocycles. The highest BCUT2D eigenvalue weighted by atomic mass is 32.2. The Morgan fingerprint density at radius 3 is 2.95 bits per heavy atom. The molecular weight excluding hydrogens is 286 g/mol. The maximum Gasteiger partial charge on any atom is 0.240 e. The van der Waals surface area contributed by atoms with Gasteiger partial charge in [-0.3, -0.25) is 4.98 Å². The van der Waals surface area contributed by atoms with Gasteiger partial charge in [-0.2, -0.15) is 0 Å². The quantitative estimate of drug-likeness (QED) is 0.904. The van der Waals surface area contributed by atoms with E-state index in [1.54, 1.807) is 18.2 Å². The van der Waals surface area contributed by atoms with E-state index in [4.69, 9.17) is 0 Å². The van der Waals surface area contributed by atoms with Crippen molar-refractivity contribution in [2.75, 3.05) is 11.9 Å². The van der Waals surface area contributed by atoms with Gasteiger partial charge in [-0.25, -0.2) is 13.1 Å². The Kier molecular flexibility index (Phi) is 3.65. The summed E-state index contributed by atoms with van der Waals surface area (Å²) in [6, 6.07) is 10.8. The van der Waals surface area contributed by atoms with Gasteiger partial charge in [0.2, 0.25) is 10.0 Å². The van der Waals surface area contributed by atoms with Crippen molar-refractivity contribution in [1.29, 1.82) is 0 Å². The predicted molar refractivity (Wildman–Crippen MR) is 81.6 cm³/mol. The van der Waals surface area contributed by atoms with Gasteiger partial charge < -0.3 is 5.32 Å². The maximum atomic E-state index is 12.3. The molecule has 0 unspecified atom stereocenters. The van der Waals surface area contributed by atoms with Crippen LogP contribution >= 0.6 is 0 Å². The predicted octanol–water partition coefficient (Wildman–Crippen LogP) is 1.84. The van der Waals surface area contributed by atoms with Gasteiger partial charge >= 0.3 is 0 Å². The lowest BCUT2D eigenvalue weighted by molar-refractivity contribution is 0.580. The highest BCUT2D eigenvalue weighted by molar-refractivity contribution is 7.89. The second kappa shape index (κ2) is 5.46. The van der Waals surface area contributed by atoms with Crippen LogP contribution in [-0.4, -0.2) is 19.9 Å². The molecule has 6 heteroatoms. The zero-order valence-corrected chi connectivity index (χ0v) is 12.6. The fourth-order valence-electron chi connectivity index (χ4n) is 2.39. The van der Waals surface area contributed by atoms with Gasteiger partial charge in [-0.05, 0) is 43.2 Å². The van der Waals surface area contributed by atoms with Crippen molar-refractivity contribution >= 4 is 15.7 Å². The summed E-state index contributed by atoms with van der Waals surface area (Å²) in [6.45, 7) is 2.93. The maximum absolute atomic E-state index is 12.3. The lowest BCUT2D eigenvalue weighted by Gasteiger charge is -2.08. The first-order chi connectivity index (χ1) is 10.0. The molecule has 5 nitrogen and oxygen atoms in total. The minimum absolute atomic E-state index is 0.189. The van der Waals surface area contributed by atoms with Crippen LogP contribution in [0.3, 0.4) is 0 Å². The van der Waals surface area contributed by atoms with Crippen LogP contribution in [0.2, 0.25) is 0 Å². The number of aryl methyl sites for hydroxylation is 1. The molecule has 2 N–H and O–H groups in total. The molecule has 110 valence electrons. The summed E-state index contributed by atoms with van der Waals surface area (Å²) in [5.41, 5.74) is 3.65. The molecule has 0 bridgehead atoms. The Labute approximate surface area is 124 Å². The lowest BCUT2D eigenvalue weighted by Crippen LogP contribution is -2.23. The Morgan fingerprint density at radius 1 is 1.29 bits per heavy atom. The topological polar surface area (TPSA) is 71.1 Å². The van der Waals surface area contributed by atoms with Crippen molar-refractivity contribution < 1.29 is 8.42 Å². The number of benzene rings is 1. The second-order valence-electron chi connectivity index (χ2n) is 5.09. The van der Waals surface area contributed by atoms with E-state index in [0.29, 0.717) is 5.69 Å². The summed E-state index contributed by atoms with van der Waals surface area (Å²) in [5.74, 6) is 0. The Bertz CT molecular complexity index is 772. The van der Waals surface area contributed by atoms with E-state index < -0.39 is 10.0 Å². The molecule has 0 amide bonds. The van der Waals surface area contributed by atoms with E-state index in [-0.39, 0.29) is 11.4 Å². The first-order valence-corrected chi connectivity index (χ1v) is 8.32. The minimum atomic E-state index is -3.52. The number of aromatic nitrogens is 1. The molecule has 0 radical (unpaired) electrons. The van der Waals surface area contributed by atoms with Crippen LogP contribution < -0.4 is 10.0 Å². The first-order valence-electron chi connectivity index (χ1n) is 6.84. The first kappa shape index (κ1) is 14.0. The summed E-state index contributed by atoms with van der Waals surface area (Å²) in [4.78, 5) is 4.57. The number of fused-ring (bicyclic) bond motifs is 1. The van der Waals surface area contributed by atoms with Crippen LogP contribution in [0.1, 0.15) is 17.0 Å². The number of hydrogen-bond donors (Lipinski definition) is 2. The summed E-state index contributed by atoms with van der Waals surface area (Å²) in [5, 5.41) is 3.19. The fraction of sp³-hybridized carbons (Fsp3) is 0.267. The van der Waals surface area contributed by atoms with Crippen LogP contribution in [-0.2, 0) is 23.0 Å². The number of rotatable bonds is 4. The molecule has 0 aliphatic carbocycles. The average molecular weight is 303 g/mol. The van der Waals surface area contributed by atoms with Gasteiger partial charge in [-0.15, -0.1) is 0 Å². The SMILES string of the molecule is Cc1cccc(CNS(=O)(=O)c2ccc3c(c2)NCC3)n1. The molecule has 1 aromatic heterocycles. The normalized spacial score (nSPS) is 13.8. The van der Waals surface area contributed by atoms with Crippen molar-refractivity contribution in [3.05, 3.63) is 53.3 Å². The van der Waals surface area contributed by atoms with Crippen LogP contribution in [0, 0.1) is 6.92 Å². The zero-order valence-electron chi connectivity index (χ0n) is 11.8. The van der Waals surface area contributed by atoms with Gasteiger partial charge in [0.05, 0.1) is 17.1 Å². The summed E-state index contributed by atoms with van der Waals surface area (Å²) in [7, 11) is -3.52. The van der Waals surface area contributed by atoms with Crippen LogP contribution in [0.5, 0.6) is 0 Å². The Balaban J connectivity index is 1.78. The van der Waals surface area contributed by atoms with E-state index in [2.05, 4.69) is 15.0 Å². The standard InChI is InChI=1S/C15H17N3O2S/c1-11-3-2-4-13(18-11)10-17-21(19,20)14-6-5-12-7-8-16-15(12)9-14/h2-6,9,16-17H,7-8,10H2,1H3. The number of sulfonamides is 1. The monoisotopic (exact) mass is 303 g/mol. The third-order valence-corrected chi connectivity index (χ3v) is 4.89. The van der Waals surface area contributed by atoms with Crippen molar-refractivity contribution in [1.82, 2.24) is 9.71 Å². The number of pyridine rings is 1. The van der Waals surface area contributed by atoms with Gasteiger partial charge in [-0.1, -0.05) is 12.1 Å². The van der Waals surface area contributed by atoms with Crippen molar-refractivity contribution in [3.63, 3.8) is 0 Å². The Hall–Kier alpha value is -1.92. The van der Waals surface area contributed by atoms with Crippen molar-refractivity contribution in [2.24, 2.45) is 0 Å². The largest absolute Gasteiger partial charge is 0.384 e. The molecular formula is C15H17N3O2S. The molecule has 0 atom stereocenters. The lowest BCUT2D eigenvalue weighted by atomic mass is 10.2. The number of nitrogens with one attached hydrogen (secondary N) is 2. The molecule has 0 saturated heterocycles. The highest BCUT2D eigenvalue weighted by Gasteiger charge is 2.18. The number of anilines is 1. The van der Waals surface area contributed by atoms with E-state index in [9.17, 15) is 8.42 Å². The van der Waals surface area contributed by atoms with Gasteiger partial charge in [0, 0.05) is 17.9 Å². The molecule has 0 spiro atoms. The molecule has 1 aliphatic heterocycles. The minimum Gasteiger partial charge on any atom is -0.384 e. The summed E-state index contributed by atoms with van der Waals surface area (Å²) < 4.78 is 27.2. The van der Waals surface area contributed by atoms with Crippen LogP contribution in [0.25, 0.3) is 0 Å². The van der Waals surface area contributed by atoms with E-state index in [1.807, 2.05) is 25.1 Å². The average Bonchev–Trinajstić information content (AvgIpc) is 2.93.